The van der Waals surface area contributed by atoms with Crippen molar-refractivity contribution in [3.63, 3.8) is 0 Å². The van der Waals surface area contributed by atoms with Crippen molar-refractivity contribution in [3.05, 3.63) is 83.0 Å². The van der Waals surface area contributed by atoms with Crippen LogP contribution in [0.2, 0.25) is 5.02 Å². The van der Waals surface area contributed by atoms with Crippen LogP contribution in [0, 0.1) is 0 Å². The third-order valence-corrected chi connectivity index (χ3v) is 10.8. The number of urea groups is 1. The number of nitrogens with one attached hydrogen (secondary N) is 1. The molecule has 0 bridgehead atoms. The standard InChI is InChI=1S/C32H37ClN6O5S.2ClH/c1-3-44-28-9-5-4-8-25(28)32(35-31(41)38-20-18-37(19-21-38)24-13-16-36(2)17-14-24)26-22-23(33)11-12-27(26)39(30(32)40)45(42,43)29-10-6-7-15-34-29;;/h4-12,15,22,24H,3,13-14,16-21H2,1-2H3,(H,35,41);2*1H. The maximum atomic E-state index is 14.9. The van der Waals surface area contributed by atoms with Crippen LogP contribution in [-0.2, 0) is 20.4 Å². The number of carbonyl (C=O) groups excluding carboxylic acids is 2. The smallest absolute Gasteiger partial charge is 0.318 e. The maximum Gasteiger partial charge on any atom is 0.318 e. The molecule has 2 aromatic carbocycles. The van der Waals surface area contributed by atoms with Crippen LogP contribution in [0.15, 0.2) is 71.9 Å². The van der Waals surface area contributed by atoms with Crippen LogP contribution in [0.4, 0.5) is 10.5 Å². The number of ether oxygens (including phenoxy) is 1. The average Bonchev–Trinajstić information content (AvgIpc) is 3.30. The predicted molar refractivity (Wildman–Crippen MR) is 185 cm³/mol. The van der Waals surface area contributed by atoms with Crippen LogP contribution < -0.4 is 14.4 Å². The van der Waals surface area contributed by atoms with Gasteiger partial charge in [-0.05, 0) is 76.3 Å². The lowest BCUT2D eigenvalue weighted by molar-refractivity contribution is -0.121. The fourth-order valence-electron chi connectivity index (χ4n) is 6.59. The zero-order valence-corrected chi connectivity index (χ0v) is 29.4. The van der Waals surface area contributed by atoms with E-state index in [1.807, 2.05) is 6.92 Å². The van der Waals surface area contributed by atoms with Crippen molar-refractivity contribution in [2.75, 3.05) is 57.2 Å². The molecule has 0 radical (unpaired) electrons. The molecule has 3 amide bonds. The van der Waals surface area contributed by atoms with Crippen molar-refractivity contribution < 1.29 is 22.7 Å². The molecule has 47 heavy (non-hydrogen) atoms. The van der Waals surface area contributed by atoms with E-state index < -0.39 is 27.5 Å². The molecule has 2 fully saturated rings. The van der Waals surface area contributed by atoms with E-state index in [9.17, 15) is 18.0 Å². The average molecular weight is 726 g/mol. The number of likely N-dealkylation sites (tertiary alicyclic amines) is 1. The SMILES string of the molecule is CCOc1ccccc1C1(NC(=O)N2CCN(C3CCN(C)CC3)CC2)C(=O)N(S(=O)(=O)c2ccccn2)c2ccc(Cl)cc21.Cl.Cl. The number of benzene rings is 2. The first-order chi connectivity index (χ1) is 21.7. The van der Waals surface area contributed by atoms with E-state index in [0.29, 0.717) is 43.5 Å². The molecule has 3 aliphatic heterocycles. The summed E-state index contributed by atoms with van der Waals surface area (Å²) < 4.78 is 34.8. The molecule has 11 nitrogen and oxygen atoms in total. The second kappa shape index (κ2) is 15.0. The van der Waals surface area contributed by atoms with Gasteiger partial charge in [0, 0.05) is 54.6 Å². The second-order valence-electron chi connectivity index (χ2n) is 11.6. The van der Waals surface area contributed by atoms with Gasteiger partial charge in [-0.3, -0.25) is 9.69 Å². The monoisotopic (exact) mass is 724 g/mol. The first-order valence-corrected chi connectivity index (χ1v) is 17.0. The molecule has 2 saturated heterocycles. The Labute approximate surface area is 293 Å². The Balaban J connectivity index is 0.00000250. The molecular weight excluding hydrogens is 687 g/mol. The number of carbonyl (C=O) groups is 2. The summed E-state index contributed by atoms with van der Waals surface area (Å²) >= 11 is 6.50. The minimum absolute atomic E-state index is 0. The van der Waals surface area contributed by atoms with Crippen LogP contribution in [0.1, 0.15) is 30.9 Å². The van der Waals surface area contributed by atoms with E-state index in [4.69, 9.17) is 16.3 Å². The molecular formula is C32H39Cl3N6O5S. The molecule has 254 valence electrons. The van der Waals surface area contributed by atoms with E-state index in [1.54, 1.807) is 35.2 Å². The number of hydrogen-bond acceptors (Lipinski definition) is 8. The van der Waals surface area contributed by atoms with Crippen molar-refractivity contribution in [2.45, 2.75) is 36.4 Å². The third kappa shape index (κ3) is 6.77. The molecule has 3 aromatic rings. The number of nitrogens with zero attached hydrogens (tertiary/aromatic N) is 5. The van der Waals surface area contributed by atoms with Gasteiger partial charge in [-0.2, -0.15) is 12.7 Å². The highest BCUT2D eigenvalue weighted by molar-refractivity contribution is 7.93. The highest BCUT2D eigenvalue weighted by atomic mass is 35.5. The number of hydrogen-bond donors (Lipinski definition) is 1. The minimum Gasteiger partial charge on any atom is -0.493 e. The van der Waals surface area contributed by atoms with Gasteiger partial charge in [-0.25, -0.2) is 9.78 Å². The normalized spacial score (nSPS) is 20.6. The minimum atomic E-state index is -4.49. The van der Waals surface area contributed by atoms with Crippen molar-refractivity contribution in [1.82, 2.24) is 25.0 Å². The Morgan fingerprint density at radius 1 is 0.979 bits per heavy atom. The van der Waals surface area contributed by atoms with E-state index in [-0.39, 0.29) is 52.7 Å². The molecule has 3 aliphatic rings. The summed E-state index contributed by atoms with van der Waals surface area (Å²) in [5.41, 5.74) is -1.35. The lowest BCUT2D eigenvalue weighted by Crippen LogP contribution is -2.61. The largest absolute Gasteiger partial charge is 0.493 e. The van der Waals surface area contributed by atoms with Gasteiger partial charge >= 0.3 is 6.03 Å². The van der Waals surface area contributed by atoms with Gasteiger partial charge in [0.05, 0.1) is 12.3 Å². The van der Waals surface area contributed by atoms with Crippen molar-refractivity contribution in [3.8, 4) is 5.75 Å². The Morgan fingerprint density at radius 3 is 2.32 bits per heavy atom. The summed E-state index contributed by atoms with van der Waals surface area (Å²) in [5, 5.41) is 2.99. The van der Waals surface area contributed by atoms with E-state index >= 15 is 0 Å². The van der Waals surface area contributed by atoms with Gasteiger partial charge in [0.2, 0.25) is 0 Å². The predicted octanol–water partition coefficient (Wildman–Crippen LogP) is 4.38. The maximum absolute atomic E-state index is 14.9. The number of anilines is 1. The van der Waals surface area contributed by atoms with Gasteiger partial charge in [-0.15, -0.1) is 24.8 Å². The Hall–Kier alpha value is -3.13. The Kier molecular flexibility index (Phi) is 11.7. The number of piperazine rings is 1. The number of fused-ring (bicyclic) bond motifs is 1. The van der Waals surface area contributed by atoms with Crippen molar-refractivity contribution in [1.29, 1.82) is 0 Å². The second-order valence-corrected chi connectivity index (χ2v) is 13.7. The van der Waals surface area contributed by atoms with Gasteiger partial charge in [0.15, 0.2) is 10.6 Å². The van der Waals surface area contributed by atoms with Crippen LogP contribution >= 0.6 is 36.4 Å². The Morgan fingerprint density at radius 2 is 1.66 bits per heavy atom. The number of amides is 3. The molecule has 0 aliphatic carbocycles. The molecule has 0 spiro atoms. The zero-order chi connectivity index (χ0) is 31.8. The molecule has 1 N–H and O–H groups in total. The number of para-hydroxylation sites is 1. The molecule has 1 unspecified atom stereocenters. The van der Waals surface area contributed by atoms with Crippen LogP contribution in [0.25, 0.3) is 0 Å². The van der Waals surface area contributed by atoms with E-state index in [2.05, 4.69) is 27.1 Å². The van der Waals surface area contributed by atoms with Crippen LogP contribution in [0.3, 0.4) is 0 Å². The zero-order valence-electron chi connectivity index (χ0n) is 26.2. The number of aromatic nitrogens is 1. The first kappa shape index (κ1) is 36.7. The summed E-state index contributed by atoms with van der Waals surface area (Å²) in [7, 11) is -2.35. The van der Waals surface area contributed by atoms with Crippen LogP contribution in [-0.4, -0.2) is 99.0 Å². The topological polar surface area (TPSA) is 115 Å². The lowest BCUT2D eigenvalue weighted by Gasteiger charge is -2.43. The fourth-order valence-corrected chi connectivity index (χ4v) is 8.17. The van der Waals surface area contributed by atoms with E-state index in [0.717, 1.165) is 30.2 Å². The van der Waals surface area contributed by atoms with Crippen molar-refractivity contribution >= 4 is 64.1 Å². The quantitative estimate of drug-likeness (QED) is 0.382. The van der Waals surface area contributed by atoms with Gasteiger partial charge in [0.1, 0.15) is 5.75 Å². The van der Waals surface area contributed by atoms with Crippen molar-refractivity contribution in [2.24, 2.45) is 0 Å². The number of pyridine rings is 1. The number of halogens is 3. The van der Waals surface area contributed by atoms with Gasteiger partial charge in [-0.1, -0.05) is 35.9 Å². The highest BCUT2D eigenvalue weighted by Crippen LogP contribution is 2.49. The summed E-state index contributed by atoms with van der Waals surface area (Å²) in [5.74, 6) is -0.542. The van der Waals surface area contributed by atoms with Crippen LogP contribution in [0.5, 0.6) is 5.75 Å². The summed E-state index contributed by atoms with van der Waals surface area (Å²) in [6, 6.07) is 15.8. The molecule has 4 heterocycles. The third-order valence-electron chi connectivity index (χ3n) is 8.92. The molecule has 6 rings (SSSR count). The number of sulfonamides is 1. The highest BCUT2D eigenvalue weighted by Gasteiger charge is 2.59. The molecule has 1 aromatic heterocycles. The fraction of sp³-hybridized carbons (Fsp3) is 0.406. The number of piperidine rings is 1. The summed E-state index contributed by atoms with van der Waals surface area (Å²) in [6.45, 7) is 6.55. The first-order valence-electron chi connectivity index (χ1n) is 15.2. The summed E-state index contributed by atoms with van der Waals surface area (Å²) in [6.07, 6.45) is 3.53. The number of rotatable bonds is 7. The van der Waals surface area contributed by atoms with E-state index in [1.165, 1.54) is 36.5 Å². The molecule has 1 atom stereocenters. The van der Waals surface area contributed by atoms with Gasteiger partial charge < -0.3 is 19.9 Å². The lowest BCUT2D eigenvalue weighted by atomic mass is 9.83. The summed E-state index contributed by atoms with van der Waals surface area (Å²) in [4.78, 5) is 39.5. The van der Waals surface area contributed by atoms with Gasteiger partial charge in [0.25, 0.3) is 15.9 Å². The Bertz CT molecular complexity index is 1690. The molecule has 15 heteroatoms. The molecule has 0 saturated carbocycles.